The molecule has 0 aromatic heterocycles. The van der Waals surface area contributed by atoms with Gasteiger partial charge in [0.05, 0.1) is 4.90 Å². The molecule has 7 heteroatoms. The standard InChI is InChI=1S/C15H23FN2O2S.ClH/c1-10-7-12(16)8-11(2)14(10)21(19,20)18-6-5-13(17)15(3,4)9-18;/h7-8,13H,5-6,9,17H2,1-4H3;1H. The number of nitrogens with two attached hydrogens (primary N) is 1. The Hall–Kier alpha value is -0.690. The minimum Gasteiger partial charge on any atom is -0.327 e. The number of benzene rings is 1. The molecule has 0 bridgehead atoms. The van der Waals surface area contributed by atoms with E-state index >= 15 is 0 Å². The first-order valence-corrected chi connectivity index (χ1v) is 8.52. The van der Waals surface area contributed by atoms with Crippen LogP contribution in [0.15, 0.2) is 17.0 Å². The van der Waals surface area contributed by atoms with Gasteiger partial charge in [-0.1, -0.05) is 13.8 Å². The van der Waals surface area contributed by atoms with Crippen molar-refractivity contribution in [1.82, 2.24) is 4.31 Å². The van der Waals surface area contributed by atoms with Crippen LogP contribution in [0, 0.1) is 25.1 Å². The van der Waals surface area contributed by atoms with E-state index in [1.807, 2.05) is 13.8 Å². The average molecular weight is 351 g/mol. The summed E-state index contributed by atoms with van der Waals surface area (Å²) in [6.07, 6.45) is 0.630. The molecule has 0 saturated carbocycles. The van der Waals surface area contributed by atoms with Gasteiger partial charge in [-0.05, 0) is 48.9 Å². The molecule has 0 radical (unpaired) electrons. The van der Waals surface area contributed by atoms with E-state index in [0.717, 1.165) is 0 Å². The maximum Gasteiger partial charge on any atom is 0.243 e. The molecule has 126 valence electrons. The maximum atomic E-state index is 13.4. The summed E-state index contributed by atoms with van der Waals surface area (Å²) in [5.74, 6) is -0.412. The monoisotopic (exact) mass is 350 g/mol. The summed E-state index contributed by atoms with van der Waals surface area (Å²) in [7, 11) is -3.62. The second kappa shape index (κ2) is 6.43. The van der Waals surface area contributed by atoms with Gasteiger partial charge in [0.15, 0.2) is 0 Å². The van der Waals surface area contributed by atoms with Crippen molar-refractivity contribution < 1.29 is 12.8 Å². The van der Waals surface area contributed by atoms with Crippen LogP contribution in [-0.2, 0) is 10.0 Å². The summed E-state index contributed by atoms with van der Waals surface area (Å²) < 4.78 is 40.7. The Bertz CT molecular complexity index is 639. The van der Waals surface area contributed by atoms with Gasteiger partial charge < -0.3 is 5.73 Å². The smallest absolute Gasteiger partial charge is 0.243 e. The lowest BCUT2D eigenvalue weighted by Crippen LogP contribution is -2.54. The molecule has 1 aliphatic heterocycles. The average Bonchev–Trinajstić information content (AvgIpc) is 2.30. The first kappa shape index (κ1) is 19.4. The van der Waals surface area contributed by atoms with Crippen molar-refractivity contribution >= 4 is 22.4 Å². The number of halogens is 2. The second-order valence-corrected chi connectivity index (χ2v) is 8.47. The molecule has 1 aromatic rings. The van der Waals surface area contributed by atoms with Gasteiger partial charge in [0.25, 0.3) is 0 Å². The SMILES string of the molecule is Cc1cc(F)cc(C)c1S(=O)(=O)N1CCC(N)C(C)(C)C1.Cl. The van der Waals surface area contributed by atoms with Crippen LogP contribution in [0.5, 0.6) is 0 Å². The van der Waals surface area contributed by atoms with E-state index in [1.165, 1.54) is 16.4 Å². The van der Waals surface area contributed by atoms with E-state index < -0.39 is 15.8 Å². The summed E-state index contributed by atoms with van der Waals surface area (Å²) >= 11 is 0. The zero-order valence-electron chi connectivity index (χ0n) is 13.4. The van der Waals surface area contributed by atoms with Gasteiger partial charge in [-0.2, -0.15) is 4.31 Å². The van der Waals surface area contributed by atoms with Gasteiger partial charge in [-0.3, -0.25) is 0 Å². The first-order chi connectivity index (χ1) is 9.55. The van der Waals surface area contributed by atoms with Crippen LogP contribution in [0.1, 0.15) is 31.4 Å². The molecule has 2 rings (SSSR count). The van der Waals surface area contributed by atoms with Gasteiger partial charge in [0.2, 0.25) is 10.0 Å². The lowest BCUT2D eigenvalue weighted by Gasteiger charge is -2.42. The number of nitrogens with zero attached hydrogens (tertiary/aromatic N) is 1. The van der Waals surface area contributed by atoms with Crippen molar-refractivity contribution in [3.05, 3.63) is 29.1 Å². The van der Waals surface area contributed by atoms with Gasteiger partial charge in [0.1, 0.15) is 5.82 Å². The van der Waals surface area contributed by atoms with Crippen molar-refractivity contribution in [2.75, 3.05) is 13.1 Å². The highest BCUT2D eigenvalue weighted by atomic mass is 35.5. The molecule has 0 spiro atoms. The van der Waals surface area contributed by atoms with Crippen molar-refractivity contribution in [3.8, 4) is 0 Å². The van der Waals surface area contributed by atoms with Gasteiger partial charge in [0, 0.05) is 19.1 Å². The van der Waals surface area contributed by atoms with Crippen LogP contribution in [0.2, 0.25) is 0 Å². The van der Waals surface area contributed by atoms with Crippen molar-refractivity contribution in [1.29, 1.82) is 0 Å². The fourth-order valence-corrected chi connectivity index (χ4v) is 5.00. The number of hydrogen-bond donors (Lipinski definition) is 1. The van der Waals surface area contributed by atoms with E-state index in [4.69, 9.17) is 5.73 Å². The normalized spacial score (nSPS) is 22.2. The van der Waals surface area contributed by atoms with E-state index in [-0.39, 0.29) is 28.8 Å². The summed E-state index contributed by atoms with van der Waals surface area (Å²) in [5.41, 5.74) is 6.68. The van der Waals surface area contributed by atoms with Crippen molar-refractivity contribution in [3.63, 3.8) is 0 Å². The Morgan fingerprint density at radius 2 is 1.77 bits per heavy atom. The maximum absolute atomic E-state index is 13.4. The fraction of sp³-hybridized carbons (Fsp3) is 0.600. The van der Waals surface area contributed by atoms with Crippen molar-refractivity contribution in [2.45, 2.75) is 45.1 Å². The highest BCUT2D eigenvalue weighted by molar-refractivity contribution is 7.89. The van der Waals surface area contributed by atoms with Crippen LogP contribution in [0.4, 0.5) is 4.39 Å². The molecular formula is C15H24ClFN2O2S. The van der Waals surface area contributed by atoms with Gasteiger partial charge in [-0.25, -0.2) is 12.8 Å². The minimum atomic E-state index is -3.62. The number of rotatable bonds is 2. The highest BCUT2D eigenvalue weighted by Crippen LogP contribution is 2.33. The molecule has 22 heavy (non-hydrogen) atoms. The molecule has 0 aliphatic carbocycles. The summed E-state index contributed by atoms with van der Waals surface area (Å²) in [6, 6.07) is 2.51. The van der Waals surface area contributed by atoms with Gasteiger partial charge in [-0.15, -0.1) is 12.4 Å². The molecule has 1 unspecified atom stereocenters. The third-order valence-corrected chi connectivity index (χ3v) is 6.45. The molecule has 1 atom stereocenters. The third kappa shape index (κ3) is 3.45. The topological polar surface area (TPSA) is 63.4 Å². The quantitative estimate of drug-likeness (QED) is 0.891. The predicted octanol–water partition coefficient (Wildman–Crippen LogP) is 2.61. The molecule has 1 heterocycles. The van der Waals surface area contributed by atoms with Crippen LogP contribution in [0.3, 0.4) is 0 Å². The number of piperidine rings is 1. The number of hydrogen-bond acceptors (Lipinski definition) is 3. The Kier molecular flexibility index (Phi) is 5.66. The number of aryl methyl sites for hydroxylation is 2. The summed E-state index contributed by atoms with van der Waals surface area (Å²) in [5, 5.41) is 0. The second-order valence-electron chi connectivity index (χ2n) is 6.59. The minimum absolute atomic E-state index is 0. The highest BCUT2D eigenvalue weighted by Gasteiger charge is 2.39. The zero-order chi connectivity index (χ0) is 16.0. The Balaban J connectivity index is 0.00000242. The fourth-order valence-electron chi connectivity index (χ4n) is 2.96. The molecule has 1 aliphatic rings. The zero-order valence-corrected chi connectivity index (χ0v) is 15.0. The molecule has 1 fully saturated rings. The van der Waals surface area contributed by atoms with Crippen LogP contribution >= 0.6 is 12.4 Å². The molecule has 1 aromatic carbocycles. The van der Waals surface area contributed by atoms with E-state index in [9.17, 15) is 12.8 Å². The predicted molar refractivity (Wildman–Crippen MR) is 88.3 cm³/mol. The lowest BCUT2D eigenvalue weighted by molar-refractivity contribution is 0.155. The summed E-state index contributed by atoms with van der Waals surface area (Å²) in [4.78, 5) is 0.218. The molecule has 0 amide bonds. The largest absolute Gasteiger partial charge is 0.327 e. The molecule has 2 N–H and O–H groups in total. The van der Waals surface area contributed by atoms with Crippen molar-refractivity contribution in [2.24, 2.45) is 11.1 Å². The summed E-state index contributed by atoms with van der Waals surface area (Å²) in [6.45, 7) is 8.00. The Morgan fingerprint density at radius 1 is 1.27 bits per heavy atom. The third-order valence-electron chi connectivity index (χ3n) is 4.30. The molecule has 4 nitrogen and oxygen atoms in total. The van der Waals surface area contributed by atoms with E-state index in [1.54, 1.807) is 13.8 Å². The Labute approximate surface area is 138 Å². The van der Waals surface area contributed by atoms with Gasteiger partial charge >= 0.3 is 0 Å². The molecule has 1 saturated heterocycles. The molecular weight excluding hydrogens is 327 g/mol. The van der Waals surface area contributed by atoms with Crippen LogP contribution < -0.4 is 5.73 Å². The Morgan fingerprint density at radius 3 is 2.23 bits per heavy atom. The van der Waals surface area contributed by atoms with Crippen LogP contribution in [0.25, 0.3) is 0 Å². The van der Waals surface area contributed by atoms with E-state index in [0.29, 0.717) is 30.6 Å². The number of sulfonamides is 1. The first-order valence-electron chi connectivity index (χ1n) is 7.08. The lowest BCUT2D eigenvalue weighted by atomic mass is 9.81. The van der Waals surface area contributed by atoms with Crippen LogP contribution in [-0.4, -0.2) is 31.9 Å². The van der Waals surface area contributed by atoms with E-state index in [2.05, 4.69) is 0 Å².